The fourth-order valence-corrected chi connectivity index (χ4v) is 2.91. The summed E-state index contributed by atoms with van der Waals surface area (Å²) < 4.78 is 17.7. The number of benzene rings is 2. The minimum Gasteiger partial charge on any atom is -0.464 e. The molecular weight excluding hydrogens is 288 g/mol. The van der Waals surface area contributed by atoms with Crippen LogP contribution < -0.4 is 4.74 Å². The van der Waals surface area contributed by atoms with E-state index in [0.717, 1.165) is 22.3 Å². The molecule has 0 amide bonds. The summed E-state index contributed by atoms with van der Waals surface area (Å²) in [5.41, 5.74) is 2.57. The van der Waals surface area contributed by atoms with Crippen LogP contribution in [-0.4, -0.2) is 0 Å². The lowest BCUT2D eigenvalue weighted by Crippen LogP contribution is -2.36. The smallest absolute Gasteiger partial charge is 0.238 e. The van der Waals surface area contributed by atoms with Crippen LogP contribution in [0.1, 0.15) is 18.1 Å². The summed E-state index contributed by atoms with van der Waals surface area (Å²) >= 11 is 6.19. The second kappa shape index (κ2) is 4.52. The van der Waals surface area contributed by atoms with E-state index in [4.69, 9.17) is 25.5 Å². The van der Waals surface area contributed by atoms with Gasteiger partial charge < -0.3 is 13.9 Å². The average molecular weight is 301 g/mol. The Balaban J connectivity index is 1.85. The predicted molar refractivity (Wildman–Crippen MR) is 80.4 cm³/mol. The zero-order chi connectivity index (χ0) is 14.4. The number of halogens is 1. The monoisotopic (exact) mass is 300 g/mol. The highest BCUT2D eigenvalue weighted by Gasteiger charge is 2.37. The lowest BCUT2D eigenvalue weighted by Gasteiger charge is -2.35. The number of rotatable bonds is 1. The molecule has 0 fully saturated rings. The van der Waals surface area contributed by atoms with E-state index in [9.17, 15) is 0 Å². The molecule has 3 nitrogen and oxygen atoms in total. The normalized spacial score (nSPS) is 21.0. The third-order valence-electron chi connectivity index (χ3n) is 3.83. The highest BCUT2D eigenvalue weighted by molar-refractivity contribution is 6.35. The van der Waals surface area contributed by atoms with Crippen LogP contribution >= 0.6 is 11.6 Å². The Morgan fingerprint density at radius 3 is 2.86 bits per heavy atom. The summed E-state index contributed by atoms with van der Waals surface area (Å²) in [4.78, 5) is 0. The second-order valence-electron chi connectivity index (χ2n) is 5.20. The van der Waals surface area contributed by atoms with Gasteiger partial charge in [0.05, 0.1) is 23.5 Å². The summed E-state index contributed by atoms with van der Waals surface area (Å²) in [6, 6.07) is 13.5. The molecule has 0 radical (unpaired) electrons. The number of ether oxygens (including phenoxy) is 2. The predicted octanol–water partition coefficient (Wildman–Crippen LogP) is 4.87. The van der Waals surface area contributed by atoms with Crippen molar-refractivity contribution in [2.24, 2.45) is 0 Å². The fourth-order valence-electron chi connectivity index (χ4n) is 2.70. The first-order valence-corrected chi connectivity index (χ1v) is 7.12. The summed E-state index contributed by atoms with van der Waals surface area (Å²) in [5, 5.41) is 1.52. The third kappa shape index (κ3) is 1.93. The molecule has 4 rings (SSSR count). The highest BCUT2D eigenvalue weighted by Crippen LogP contribution is 2.41. The van der Waals surface area contributed by atoms with E-state index in [1.165, 1.54) is 0 Å². The van der Waals surface area contributed by atoms with Crippen LogP contribution in [0, 0.1) is 0 Å². The van der Waals surface area contributed by atoms with Crippen molar-refractivity contribution in [1.29, 1.82) is 0 Å². The molecule has 0 aliphatic carbocycles. The molecule has 0 bridgehead atoms. The standard InChI is InChI=1S/C17H13ClO3/c1-17(20-10-11-4-2-3-5-15(11)21-17)13-6-7-14(18)12-8-9-19-16(12)13/h2-9H,10H2,1H3. The SMILES string of the molecule is CC1(c2ccc(Cl)c3ccoc23)OCc2ccccc2O1. The Bertz CT molecular complexity index is 824. The second-order valence-corrected chi connectivity index (χ2v) is 5.61. The molecule has 0 spiro atoms. The molecule has 106 valence electrons. The lowest BCUT2D eigenvalue weighted by atomic mass is 10.0. The van der Waals surface area contributed by atoms with E-state index < -0.39 is 5.79 Å². The first-order valence-electron chi connectivity index (χ1n) is 6.74. The largest absolute Gasteiger partial charge is 0.464 e. The van der Waals surface area contributed by atoms with Gasteiger partial charge in [-0.3, -0.25) is 0 Å². The van der Waals surface area contributed by atoms with Crippen LogP contribution in [0.4, 0.5) is 0 Å². The number of furan rings is 1. The quantitative estimate of drug-likeness (QED) is 0.642. The number of hydrogen-bond acceptors (Lipinski definition) is 3. The molecule has 2 aromatic carbocycles. The Labute approximate surface area is 127 Å². The van der Waals surface area contributed by atoms with Gasteiger partial charge in [0.2, 0.25) is 5.79 Å². The van der Waals surface area contributed by atoms with Gasteiger partial charge in [-0.15, -0.1) is 0 Å². The van der Waals surface area contributed by atoms with Crippen molar-refractivity contribution < 1.29 is 13.9 Å². The van der Waals surface area contributed by atoms with Gasteiger partial charge in [-0.2, -0.15) is 0 Å². The molecule has 0 saturated heterocycles. The zero-order valence-electron chi connectivity index (χ0n) is 11.4. The molecule has 2 heterocycles. The Morgan fingerprint density at radius 1 is 1.10 bits per heavy atom. The topological polar surface area (TPSA) is 31.6 Å². The van der Waals surface area contributed by atoms with Crippen LogP contribution in [-0.2, 0) is 17.1 Å². The average Bonchev–Trinajstić information content (AvgIpc) is 2.97. The minimum atomic E-state index is -0.894. The molecule has 1 aliphatic rings. The van der Waals surface area contributed by atoms with E-state index in [1.807, 2.05) is 49.4 Å². The van der Waals surface area contributed by atoms with Crippen LogP contribution in [0.25, 0.3) is 11.0 Å². The van der Waals surface area contributed by atoms with Gasteiger partial charge in [0.15, 0.2) is 0 Å². The minimum absolute atomic E-state index is 0.498. The van der Waals surface area contributed by atoms with Gasteiger partial charge >= 0.3 is 0 Å². The van der Waals surface area contributed by atoms with E-state index in [-0.39, 0.29) is 0 Å². The van der Waals surface area contributed by atoms with Crippen LogP contribution in [0.2, 0.25) is 5.02 Å². The van der Waals surface area contributed by atoms with Gasteiger partial charge in [0.1, 0.15) is 11.3 Å². The molecule has 1 atom stereocenters. The maximum Gasteiger partial charge on any atom is 0.238 e. The van der Waals surface area contributed by atoms with Crippen LogP contribution in [0.5, 0.6) is 5.75 Å². The van der Waals surface area contributed by atoms with Gasteiger partial charge in [0, 0.05) is 17.9 Å². The van der Waals surface area contributed by atoms with Crippen molar-refractivity contribution in [1.82, 2.24) is 0 Å². The Morgan fingerprint density at radius 2 is 1.95 bits per heavy atom. The van der Waals surface area contributed by atoms with Crippen molar-refractivity contribution in [2.75, 3.05) is 0 Å². The van der Waals surface area contributed by atoms with Gasteiger partial charge in [0.25, 0.3) is 0 Å². The zero-order valence-corrected chi connectivity index (χ0v) is 12.2. The summed E-state index contributed by atoms with van der Waals surface area (Å²) in [6.07, 6.45) is 1.63. The maximum atomic E-state index is 6.19. The fraction of sp³-hybridized carbons (Fsp3) is 0.176. The Hall–Kier alpha value is -1.97. The first kappa shape index (κ1) is 12.7. The molecule has 0 saturated carbocycles. The van der Waals surface area contributed by atoms with Gasteiger partial charge in [-0.05, 0) is 24.3 Å². The number of para-hydroxylation sites is 1. The molecule has 0 N–H and O–H groups in total. The highest BCUT2D eigenvalue weighted by atomic mass is 35.5. The van der Waals surface area contributed by atoms with E-state index >= 15 is 0 Å². The summed E-state index contributed by atoms with van der Waals surface area (Å²) in [7, 11) is 0. The van der Waals surface area contributed by atoms with Crippen molar-refractivity contribution in [3.05, 3.63) is 64.9 Å². The van der Waals surface area contributed by atoms with Crippen LogP contribution in [0.15, 0.2) is 53.1 Å². The maximum absolute atomic E-state index is 6.19. The number of fused-ring (bicyclic) bond motifs is 2. The van der Waals surface area contributed by atoms with Crippen molar-refractivity contribution in [3.63, 3.8) is 0 Å². The van der Waals surface area contributed by atoms with Crippen molar-refractivity contribution in [3.8, 4) is 5.75 Å². The summed E-state index contributed by atoms with van der Waals surface area (Å²) in [5.74, 6) is -0.0596. The van der Waals surface area contributed by atoms with Crippen molar-refractivity contribution >= 4 is 22.6 Å². The molecule has 4 heteroatoms. The van der Waals surface area contributed by atoms with Crippen LogP contribution in [0.3, 0.4) is 0 Å². The lowest BCUT2D eigenvalue weighted by molar-refractivity contribution is -0.201. The van der Waals surface area contributed by atoms with E-state index in [1.54, 1.807) is 6.26 Å². The van der Waals surface area contributed by atoms with Crippen molar-refractivity contribution in [2.45, 2.75) is 19.3 Å². The molecule has 1 aromatic heterocycles. The van der Waals surface area contributed by atoms with E-state index in [0.29, 0.717) is 17.2 Å². The molecule has 1 aliphatic heterocycles. The molecular formula is C17H13ClO3. The first-order chi connectivity index (χ1) is 10.2. The molecule has 1 unspecified atom stereocenters. The van der Waals surface area contributed by atoms with Gasteiger partial charge in [-0.1, -0.05) is 29.8 Å². The third-order valence-corrected chi connectivity index (χ3v) is 4.16. The number of hydrogen-bond donors (Lipinski definition) is 0. The molecule has 21 heavy (non-hydrogen) atoms. The van der Waals surface area contributed by atoms with E-state index in [2.05, 4.69) is 0 Å². The van der Waals surface area contributed by atoms with Gasteiger partial charge in [-0.25, -0.2) is 0 Å². The Kier molecular flexibility index (Phi) is 2.74. The summed E-state index contributed by atoms with van der Waals surface area (Å²) in [6.45, 7) is 2.39. The molecule has 3 aromatic rings.